The van der Waals surface area contributed by atoms with Crippen LogP contribution in [0.3, 0.4) is 0 Å². The molecule has 0 amide bonds. The van der Waals surface area contributed by atoms with Gasteiger partial charge in [-0.2, -0.15) is 13.2 Å². The molecule has 2 atom stereocenters. The van der Waals surface area contributed by atoms with E-state index in [1.54, 1.807) is 0 Å². The second kappa shape index (κ2) is 6.59. The maximum atomic E-state index is 12.1. The molecule has 0 aliphatic rings. The van der Waals surface area contributed by atoms with E-state index in [1.807, 2.05) is 21.1 Å². The van der Waals surface area contributed by atoms with Gasteiger partial charge in [0.25, 0.3) is 0 Å². The molecule has 0 aliphatic carbocycles. The number of hydrogen-bond donors (Lipinski definition) is 1. The van der Waals surface area contributed by atoms with Gasteiger partial charge in [-0.25, -0.2) is 0 Å². The van der Waals surface area contributed by atoms with Gasteiger partial charge in [0.15, 0.2) is 0 Å². The van der Waals surface area contributed by atoms with Crippen molar-refractivity contribution in [3.05, 3.63) is 0 Å². The van der Waals surface area contributed by atoms with Crippen LogP contribution in [0.25, 0.3) is 0 Å². The van der Waals surface area contributed by atoms with Crippen molar-refractivity contribution in [2.45, 2.75) is 57.3 Å². The average molecular weight is 254 g/mol. The smallest absolute Gasteiger partial charge is 0.315 e. The molecule has 0 saturated carbocycles. The molecule has 0 aliphatic heterocycles. The molecule has 0 spiro atoms. The third-order valence-corrected chi connectivity index (χ3v) is 3.79. The first-order valence-electron chi connectivity index (χ1n) is 6.08. The van der Waals surface area contributed by atoms with Gasteiger partial charge in [-0.05, 0) is 47.3 Å². The molecule has 17 heavy (non-hydrogen) atoms. The van der Waals surface area contributed by atoms with Crippen molar-refractivity contribution in [2.24, 2.45) is 0 Å². The van der Waals surface area contributed by atoms with Crippen LogP contribution in [0.1, 0.15) is 39.5 Å². The van der Waals surface area contributed by atoms with E-state index in [0.717, 1.165) is 6.42 Å². The van der Waals surface area contributed by atoms with Crippen molar-refractivity contribution < 1.29 is 13.2 Å². The highest BCUT2D eigenvalue weighted by Gasteiger charge is 2.34. The molecule has 0 aromatic rings. The summed E-state index contributed by atoms with van der Waals surface area (Å²) >= 11 is 0. The maximum Gasteiger partial charge on any atom is 0.389 e. The number of nitrogens with zero attached hydrogens (tertiary/aromatic N) is 1. The standard InChI is InChI=1S/C12H25F3N2/c1-6-11(2,17(4)5)10(16-3)8-7-9-12(13,14)15/h10,16H,6-9H2,1-5H3. The largest absolute Gasteiger partial charge is 0.389 e. The van der Waals surface area contributed by atoms with E-state index in [-0.39, 0.29) is 18.0 Å². The molecular weight excluding hydrogens is 229 g/mol. The molecule has 0 fully saturated rings. The molecule has 0 heterocycles. The van der Waals surface area contributed by atoms with Gasteiger partial charge in [-0.3, -0.25) is 0 Å². The summed E-state index contributed by atoms with van der Waals surface area (Å²) in [5.74, 6) is 0. The van der Waals surface area contributed by atoms with Crippen LogP contribution < -0.4 is 5.32 Å². The van der Waals surface area contributed by atoms with Gasteiger partial charge in [0, 0.05) is 18.0 Å². The molecule has 0 rings (SSSR count). The van der Waals surface area contributed by atoms with E-state index < -0.39 is 12.6 Å². The van der Waals surface area contributed by atoms with Gasteiger partial charge in [-0.1, -0.05) is 6.92 Å². The normalized spacial score (nSPS) is 18.2. The number of likely N-dealkylation sites (N-methyl/N-ethyl adjacent to an activating group) is 2. The Labute approximate surface area is 103 Å². The third-order valence-electron chi connectivity index (χ3n) is 3.79. The highest BCUT2D eigenvalue weighted by atomic mass is 19.4. The molecule has 1 N–H and O–H groups in total. The number of rotatable bonds is 7. The zero-order valence-electron chi connectivity index (χ0n) is 11.5. The van der Waals surface area contributed by atoms with Crippen LogP contribution in [0.2, 0.25) is 0 Å². The number of nitrogens with one attached hydrogen (secondary N) is 1. The Balaban J connectivity index is 4.41. The second-order valence-corrected chi connectivity index (χ2v) is 4.95. The van der Waals surface area contributed by atoms with Crippen molar-refractivity contribution in [3.63, 3.8) is 0 Å². The Hall–Kier alpha value is -0.290. The Bertz CT molecular complexity index is 216. The van der Waals surface area contributed by atoms with E-state index in [2.05, 4.69) is 24.1 Å². The monoisotopic (exact) mass is 254 g/mol. The van der Waals surface area contributed by atoms with Crippen LogP contribution in [0.5, 0.6) is 0 Å². The molecule has 5 heteroatoms. The van der Waals surface area contributed by atoms with Gasteiger partial charge < -0.3 is 10.2 Å². The molecule has 0 aromatic heterocycles. The number of alkyl halides is 3. The van der Waals surface area contributed by atoms with Crippen molar-refractivity contribution in [1.29, 1.82) is 0 Å². The summed E-state index contributed by atoms with van der Waals surface area (Å²) in [6.45, 7) is 4.15. The molecule has 0 radical (unpaired) electrons. The average Bonchev–Trinajstić information content (AvgIpc) is 2.21. The van der Waals surface area contributed by atoms with Crippen molar-refractivity contribution in [1.82, 2.24) is 10.2 Å². The lowest BCUT2D eigenvalue weighted by atomic mass is 9.85. The molecule has 2 nitrogen and oxygen atoms in total. The van der Waals surface area contributed by atoms with Crippen molar-refractivity contribution in [3.8, 4) is 0 Å². The van der Waals surface area contributed by atoms with Crippen molar-refractivity contribution in [2.75, 3.05) is 21.1 Å². The Kier molecular flexibility index (Phi) is 6.48. The zero-order chi connectivity index (χ0) is 13.7. The summed E-state index contributed by atoms with van der Waals surface area (Å²) in [6, 6.07) is 0.0739. The summed E-state index contributed by atoms with van der Waals surface area (Å²) < 4.78 is 36.3. The first-order valence-corrected chi connectivity index (χ1v) is 6.08. The van der Waals surface area contributed by atoms with Crippen LogP contribution >= 0.6 is 0 Å². The van der Waals surface area contributed by atoms with Gasteiger partial charge in [0.2, 0.25) is 0 Å². The highest BCUT2D eigenvalue weighted by Crippen LogP contribution is 2.27. The molecule has 0 aromatic carbocycles. The Morgan fingerprint density at radius 3 is 2.06 bits per heavy atom. The summed E-state index contributed by atoms with van der Waals surface area (Å²) in [7, 11) is 5.75. The van der Waals surface area contributed by atoms with E-state index in [1.165, 1.54) is 0 Å². The minimum absolute atomic E-state index is 0.0739. The number of hydrogen-bond acceptors (Lipinski definition) is 2. The van der Waals surface area contributed by atoms with Crippen molar-refractivity contribution >= 4 is 0 Å². The summed E-state index contributed by atoms with van der Waals surface area (Å²) in [6.07, 6.45) is -3.12. The summed E-state index contributed by atoms with van der Waals surface area (Å²) in [5, 5.41) is 3.15. The lowest BCUT2D eigenvalue weighted by Gasteiger charge is -2.42. The second-order valence-electron chi connectivity index (χ2n) is 4.95. The summed E-state index contributed by atoms with van der Waals surface area (Å²) in [4.78, 5) is 2.09. The fourth-order valence-corrected chi connectivity index (χ4v) is 2.15. The fourth-order valence-electron chi connectivity index (χ4n) is 2.15. The topological polar surface area (TPSA) is 15.3 Å². The van der Waals surface area contributed by atoms with Crippen LogP contribution in [0.4, 0.5) is 13.2 Å². The molecule has 0 bridgehead atoms. The lowest BCUT2D eigenvalue weighted by Crippen LogP contribution is -2.56. The molecule has 0 saturated heterocycles. The molecule has 2 unspecified atom stereocenters. The van der Waals surface area contributed by atoms with E-state index in [0.29, 0.717) is 6.42 Å². The van der Waals surface area contributed by atoms with E-state index >= 15 is 0 Å². The minimum atomic E-state index is -4.04. The predicted molar refractivity (Wildman–Crippen MR) is 65.1 cm³/mol. The van der Waals surface area contributed by atoms with Crippen LogP contribution in [-0.4, -0.2) is 43.8 Å². The van der Waals surface area contributed by atoms with Crippen LogP contribution in [-0.2, 0) is 0 Å². The van der Waals surface area contributed by atoms with Gasteiger partial charge in [-0.15, -0.1) is 0 Å². The quantitative estimate of drug-likeness (QED) is 0.751. The summed E-state index contributed by atoms with van der Waals surface area (Å²) in [5.41, 5.74) is -0.111. The SMILES string of the molecule is CCC(C)(C(CCCC(F)(F)F)NC)N(C)C. The first kappa shape index (κ1) is 16.7. The molecule has 104 valence electrons. The molecular formula is C12H25F3N2. The van der Waals surface area contributed by atoms with Crippen LogP contribution in [0.15, 0.2) is 0 Å². The maximum absolute atomic E-state index is 12.1. The highest BCUT2D eigenvalue weighted by molar-refractivity contribution is 4.93. The predicted octanol–water partition coefficient (Wildman–Crippen LogP) is 3.04. The Morgan fingerprint density at radius 1 is 1.24 bits per heavy atom. The van der Waals surface area contributed by atoms with E-state index in [9.17, 15) is 13.2 Å². The first-order chi connectivity index (χ1) is 7.67. The van der Waals surface area contributed by atoms with E-state index in [4.69, 9.17) is 0 Å². The van der Waals surface area contributed by atoms with Crippen LogP contribution in [0, 0.1) is 0 Å². The third kappa shape index (κ3) is 5.25. The van der Waals surface area contributed by atoms with Gasteiger partial charge in [0.1, 0.15) is 0 Å². The Morgan fingerprint density at radius 2 is 1.76 bits per heavy atom. The minimum Gasteiger partial charge on any atom is -0.315 e. The van der Waals surface area contributed by atoms with Gasteiger partial charge >= 0.3 is 6.18 Å². The lowest BCUT2D eigenvalue weighted by molar-refractivity contribution is -0.136. The fraction of sp³-hybridized carbons (Fsp3) is 1.00. The van der Waals surface area contributed by atoms with Gasteiger partial charge in [0.05, 0.1) is 0 Å². The zero-order valence-corrected chi connectivity index (χ0v) is 11.5. The number of halogens is 3.